The number of anilines is 1. The zero-order chi connectivity index (χ0) is 24.5. The summed E-state index contributed by atoms with van der Waals surface area (Å²) < 4.78 is 6.32. The molecule has 0 bridgehead atoms. The Balaban J connectivity index is 1.60. The third-order valence-corrected chi connectivity index (χ3v) is 6.76. The van der Waals surface area contributed by atoms with Crippen molar-refractivity contribution in [3.8, 4) is 11.3 Å². The Hall–Kier alpha value is -3.68. The Labute approximate surface area is 213 Å². The first-order chi connectivity index (χ1) is 17.0. The van der Waals surface area contributed by atoms with Crippen molar-refractivity contribution in [2.24, 2.45) is 0 Å². The van der Waals surface area contributed by atoms with Crippen LogP contribution in [-0.4, -0.2) is 21.2 Å². The smallest absolute Gasteiger partial charge is 0.335 e. The number of hydrogen-bond donors (Lipinski definition) is 2. The third-order valence-electron chi connectivity index (χ3n) is 6.12. The van der Waals surface area contributed by atoms with Crippen molar-refractivity contribution in [3.05, 3.63) is 107 Å². The maximum Gasteiger partial charge on any atom is 0.335 e. The number of aromatic nitrogens is 1. The monoisotopic (exact) mass is 503 g/mol. The van der Waals surface area contributed by atoms with Gasteiger partial charge in [0.1, 0.15) is 17.6 Å². The minimum absolute atomic E-state index is 0.134. The van der Waals surface area contributed by atoms with Crippen molar-refractivity contribution in [1.82, 2.24) is 10.3 Å². The van der Waals surface area contributed by atoms with Crippen LogP contribution in [0.15, 0.2) is 83.4 Å². The number of carboxylic acid groups (broad SMARTS) is 1. The fourth-order valence-corrected chi connectivity index (χ4v) is 4.87. The molecule has 1 aliphatic heterocycles. The minimum atomic E-state index is -1.03. The van der Waals surface area contributed by atoms with E-state index in [1.807, 2.05) is 29.2 Å². The van der Waals surface area contributed by atoms with Gasteiger partial charge in [0.15, 0.2) is 5.11 Å². The van der Waals surface area contributed by atoms with Gasteiger partial charge in [-0.1, -0.05) is 36.7 Å². The lowest BCUT2D eigenvalue weighted by Gasteiger charge is -2.26. The Bertz CT molecular complexity index is 1390. The molecule has 0 amide bonds. The summed E-state index contributed by atoms with van der Waals surface area (Å²) in [5.74, 6) is 0.100. The molecule has 0 spiro atoms. The molecule has 0 radical (unpaired) electrons. The van der Waals surface area contributed by atoms with Crippen molar-refractivity contribution >= 4 is 40.6 Å². The van der Waals surface area contributed by atoms with Crippen molar-refractivity contribution in [2.75, 3.05) is 4.90 Å². The molecule has 2 atom stereocenters. The summed E-state index contributed by atoms with van der Waals surface area (Å²) in [5, 5.41) is 13.8. The van der Waals surface area contributed by atoms with E-state index < -0.39 is 5.97 Å². The van der Waals surface area contributed by atoms with Crippen LogP contribution in [0.25, 0.3) is 11.3 Å². The Morgan fingerprint density at radius 3 is 2.63 bits per heavy atom. The molecular formula is C27H22ClN3O3S. The van der Waals surface area contributed by atoms with Gasteiger partial charge < -0.3 is 19.7 Å². The number of nitrogens with one attached hydrogen (secondary N) is 1. The van der Waals surface area contributed by atoms with Crippen LogP contribution in [0.4, 0.5) is 5.69 Å². The van der Waals surface area contributed by atoms with E-state index in [2.05, 4.69) is 41.5 Å². The fourth-order valence-electron chi connectivity index (χ4n) is 4.32. The highest BCUT2D eigenvalue weighted by atomic mass is 35.5. The normalized spacial score (nSPS) is 17.4. The van der Waals surface area contributed by atoms with Gasteiger partial charge in [0.05, 0.1) is 22.3 Å². The molecule has 2 N–H and O–H groups in total. The summed E-state index contributed by atoms with van der Waals surface area (Å²) >= 11 is 12.2. The molecule has 4 aromatic rings. The van der Waals surface area contributed by atoms with Gasteiger partial charge in [-0.3, -0.25) is 4.98 Å². The van der Waals surface area contributed by atoms with Crippen molar-refractivity contribution in [2.45, 2.75) is 25.4 Å². The van der Waals surface area contributed by atoms with Crippen LogP contribution in [0.2, 0.25) is 5.02 Å². The van der Waals surface area contributed by atoms with Crippen molar-refractivity contribution in [3.63, 3.8) is 0 Å². The highest BCUT2D eigenvalue weighted by Crippen LogP contribution is 2.43. The van der Waals surface area contributed by atoms with E-state index in [0.29, 0.717) is 27.2 Å². The van der Waals surface area contributed by atoms with Gasteiger partial charge in [-0.2, -0.15) is 0 Å². The molecule has 8 heteroatoms. The first-order valence-corrected chi connectivity index (χ1v) is 12.0. The van der Waals surface area contributed by atoms with Gasteiger partial charge in [0.2, 0.25) is 0 Å². The molecule has 1 aliphatic rings. The molecule has 2 aromatic heterocycles. The van der Waals surface area contributed by atoms with E-state index in [-0.39, 0.29) is 17.6 Å². The molecule has 6 nitrogen and oxygen atoms in total. The topological polar surface area (TPSA) is 78.6 Å². The molecule has 3 heterocycles. The van der Waals surface area contributed by atoms with Gasteiger partial charge in [0, 0.05) is 17.4 Å². The SMILES string of the molecule is CCc1ccc(N2C(=S)N[C@H](c3ccccn3)[C@@H]2c2ccc(-c3cc(C(=O)O)ccc3Cl)o2)cc1. The lowest BCUT2D eigenvalue weighted by Crippen LogP contribution is -2.29. The molecule has 1 saturated heterocycles. The van der Waals surface area contributed by atoms with Crippen molar-refractivity contribution in [1.29, 1.82) is 0 Å². The molecule has 35 heavy (non-hydrogen) atoms. The molecule has 2 aromatic carbocycles. The van der Waals surface area contributed by atoms with Crippen LogP contribution >= 0.6 is 23.8 Å². The van der Waals surface area contributed by atoms with Gasteiger partial charge >= 0.3 is 5.97 Å². The highest BCUT2D eigenvalue weighted by molar-refractivity contribution is 7.80. The summed E-state index contributed by atoms with van der Waals surface area (Å²) in [7, 11) is 0. The summed E-state index contributed by atoms with van der Waals surface area (Å²) in [6.07, 6.45) is 2.70. The maximum atomic E-state index is 11.5. The number of carbonyl (C=O) groups is 1. The van der Waals surface area contributed by atoms with E-state index in [0.717, 1.165) is 17.8 Å². The zero-order valence-electron chi connectivity index (χ0n) is 18.8. The largest absolute Gasteiger partial charge is 0.478 e. The first kappa shape index (κ1) is 23.1. The first-order valence-electron chi connectivity index (χ1n) is 11.2. The minimum Gasteiger partial charge on any atom is -0.478 e. The number of halogens is 1. The molecule has 176 valence electrons. The summed E-state index contributed by atoms with van der Waals surface area (Å²) in [4.78, 5) is 18.1. The number of carboxylic acids is 1. The van der Waals surface area contributed by atoms with Crippen molar-refractivity contribution < 1.29 is 14.3 Å². The van der Waals surface area contributed by atoms with Gasteiger partial charge in [-0.25, -0.2) is 4.79 Å². The van der Waals surface area contributed by atoms with Crippen LogP contribution in [0.1, 0.15) is 46.4 Å². The highest BCUT2D eigenvalue weighted by Gasteiger charge is 2.42. The second-order valence-electron chi connectivity index (χ2n) is 8.22. The number of benzene rings is 2. The summed E-state index contributed by atoms with van der Waals surface area (Å²) in [6, 6.07) is 21.7. The van der Waals surface area contributed by atoms with E-state index in [9.17, 15) is 9.90 Å². The Morgan fingerprint density at radius 2 is 1.94 bits per heavy atom. The number of nitrogens with zero attached hydrogens (tertiary/aromatic N) is 2. The second kappa shape index (κ2) is 9.52. The van der Waals surface area contributed by atoms with Crippen LogP contribution in [0.5, 0.6) is 0 Å². The number of aromatic carboxylic acids is 1. The van der Waals surface area contributed by atoms with Gasteiger partial charge in [-0.15, -0.1) is 0 Å². The van der Waals surface area contributed by atoms with Gasteiger partial charge in [0.25, 0.3) is 0 Å². The van der Waals surface area contributed by atoms with E-state index in [1.165, 1.54) is 17.7 Å². The lowest BCUT2D eigenvalue weighted by atomic mass is 10.0. The molecule has 0 saturated carbocycles. The van der Waals surface area contributed by atoms with Crippen LogP contribution in [-0.2, 0) is 6.42 Å². The molecule has 0 aliphatic carbocycles. The standard InChI is InChI=1S/C27H22ClN3O3S/c1-2-16-6-9-18(10-7-16)31-25(24(30-27(31)35)21-5-3-4-14-29-21)23-13-12-22(34-23)19-15-17(26(32)33)8-11-20(19)28/h3-15,24-25H,2H2,1H3,(H,30,35)(H,32,33)/t24-,25+/m1/s1. The molecule has 0 unspecified atom stereocenters. The fraction of sp³-hybridized carbons (Fsp3) is 0.148. The predicted molar refractivity (Wildman–Crippen MR) is 140 cm³/mol. The van der Waals surface area contributed by atoms with Gasteiger partial charge in [-0.05, 0) is 78.8 Å². The average Bonchev–Trinajstić information content (AvgIpc) is 3.49. The molecular weight excluding hydrogens is 482 g/mol. The van der Waals surface area contributed by atoms with Crippen LogP contribution < -0.4 is 10.2 Å². The molecule has 5 rings (SSSR count). The van der Waals surface area contributed by atoms with E-state index >= 15 is 0 Å². The summed E-state index contributed by atoms with van der Waals surface area (Å²) in [6.45, 7) is 2.12. The van der Waals surface area contributed by atoms with E-state index in [1.54, 1.807) is 18.3 Å². The number of hydrogen-bond acceptors (Lipinski definition) is 4. The Kier molecular flexibility index (Phi) is 6.28. The third kappa shape index (κ3) is 4.40. The quantitative estimate of drug-likeness (QED) is 0.293. The molecule has 1 fully saturated rings. The zero-order valence-corrected chi connectivity index (χ0v) is 20.4. The number of thiocarbonyl (C=S) groups is 1. The number of aryl methyl sites for hydroxylation is 1. The number of rotatable bonds is 6. The predicted octanol–water partition coefficient (Wildman–Crippen LogP) is 6.43. The second-order valence-corrected chi connectivity index (χ2v) is 9.01. The Morgan fingerprint density at radius 1 is 1.14 bits per heavy atom. The lowest BCUT2D eigenvalue weighted by molar-refractivity contribution is 0.0697. The number of pyridine rings is 1. The van der Waals surface area contributed by atoms with Crippen LogP contribution in [0.3, 0.4) is 0 Å². The van der Waals surface area contributed by atoms with E-state index in [4.69, 9.17) is 28.2 Å². The average molecular weight is 504 g/mol. The number of furan rings is 1. The maximum absolute atomic E-state index is 11.5. The summed E-state index contributed by atoms with van der Waals surface area (Å²) in [5.41, 5.74) is 3.65. The van der Waals surface area contributed by atoms with Crippen LogP contribution in [0, 0.1) is 0 Å².